The van der Waals surface area contributed by atoms with Crippen LogP contribution >= 0.6 is 0 Å². The summed E-state index contributed by atoms with van der Waals surface area (Å²) in [5, 5.41) is 13.9. The molecule has 5 rings (SSSR count). The Balaban J connectivity index is 1.38. The monoisotopic (exact) mass is 372 g/mol. The number of phenolic OH excluding ortho intramolecular Hbond substituents is 1. The molecule has 0 spiro atoms. The van der Waals surface area contributed by atoms with Crippen LogP contribution < -0.4 is 9.80 Å². The minimum Gasteiger partial charge on any atom is -0.508 e. The Hall–Kier alpha value is -3.61. The van der Waals surface area contributed by atoms with E-state index in [1.54, 1.807) is 22.8 Å². The van der Waals surface area contributed by atoms with Crippen LogP contribution in [0.4, 0.5) is 11.5 Å². The van der Waals surface area contributed by atoms with Crippen LogP contribution in [-0.4, -0.2) is 50.9 Å². The second kappa shape index (κ2) is 6.84. The van der Waals surface area contributed by atoms with Gasteiger partial charge in [-0.25, -0.2) is 9.50 Å². The summed E-state index contributed by atoms with van der Waals surface area (Å²) >= 11 is 0. The molecule has 0 aliphatic carbocycles. The van der Waals surface area contributed by atoms with Gasteiger partial charge in [0.1, 0.15) is 11.6 Å². The third-order valence-corrected chi connectivity index (χ3v) is 5.15. The molecule has 1 N–H and O–H groups in total. The van der Waals surface area contributed by atoms with Crippen molar-refractivity contribution in [3.8, 4) is 16.9 Å². The molecule has 7 nitrogen and oxygen atoms in total. The lowest BCUT2D eigenvalue weighted by Crippen LogP contribution is -2.46. The highest BCUT2D eigenvalue weighted by atomic mass is 16.3. The van der Waals surface area contributed by atoms with E-state index in [9.17, 15) is 5.11 Å². The highest BCUT2D eigenvalue weighted by Crippen LogP contribution is 2.25. The number of anilines is 2. The summed E-state index contributed by atoms with van der Waals surface area (Å²) in [7, 11) is 0. The van der Waals surface area contributed by atoms with Crippen molar-refractivity contribution in [3.63, 3.8) is 0 Å². The van der Waals surface area contributed by atoms with Gasteiger partial charge in [-0.3, -0.25) is 4.98 Å². The fraction of sp³-hybridized carbons (Fsp3) is 0.190. The van der Waals surface area contributed by atoms with Gasteiger partial charge < -0.3 is 14.9 Å². The second-order valence-corrected chi connectivity index (χ2v) is 6.84. The molecule has 3 aromatic heterocycles. The normalized spacial score (nSPS) is 14.6. The highest BCUT2D eigenvalue weighted by Gasteiger charge is 2.19. The van der Waals surface area contributed by atoms with Crippen molar-refractivity contribution in [2.45, 2.75) is 0 Å². The molecule has 1 aliphatic rings. The number of hydrogen-bond donors (Lipinski definition) is 1. The smallest absolute Gasteiger partial charge is 0.165 e. The summed E-state index contributed by atoms with van der Waals surface area (Å²) < 4.78 is 1.80. The number of aromatic nitrogens is 4. The Labute approximate surface area is 162 Å². The molecule has 1 aromatic carbocycles. The van der Waals surface area contributed by atoms with Crippen LogP contribution in [0.25, 0.3) is 16.8 Å². The number of hydrogen-bond acceptors (Lipinski definition) is 6. The average Bonchev–Trinajstić information content (AvgIpc) is 3.18. The number of phenols is 1. The zero-order valence-corrected chi connectivity index (χ0v) is 15.3. The largest absolute Gasteiger partial charge is 0.508 e. The van der Waals surface area contributed by atoms with Gasteiger partial charge in [0.05, 0.1) is 6.20 Å². The predicted octanol–water partition coefficient (Wildman–Crippen LogP) is 2.82. The Morgan fingerprint density at radius 2 is 1.64 bits per heavy atom. The molecular weight excluding hydrogens is 352 g/mol. The van der Waals surface area contributed by atoms with Crippen LogP contribution in [0.1, 0.15) is 0 Å². The maximum Gasteiger partial charge on any atom is 0.165 e. The maximum absolute atomic E-state index is 9.47. The summed E-state index contributed by atoms with van der Waals surface area (Å²) in [4.78, 5) is 13.7. The summed E-state index contributed by atoms with van der Waals surface area (Å²) in [5.74, 6) is 1.26. The Kier molecular flexibility index (Phi) is 4.05. The first-order chi connectivity index (χ1) is 13.8. The third kappa shape index (κ3) is 3.00. The number of pyridine rings is 1. The molecule has 0 unspecified atom stereocenters. The fourth-order valence-electron chi connectivity index (χ4n) is 3.62. The summed E-state index contributed by atoms with van der Waals surface area (Å²) in [5.41, 5.74) is 3.97. The standard InChI is InChI=1S/C21H20N6O/c28-18-5-3-17(4-6-18)25-10-12-26(13-11-25)20-7-9-27-21(24-20)19(15-23-27)16-2-1-8-22-14-16/h1-9,14-15,28H,10-13H2. The lowest BCUT2D eigenvalue weighted by atomic mass is 10.1. The molecule has 0 atom stereocenters. The van der Waals surface area contributed by atoms with Crippen molar-refractivity contribution in [3.05, 3.63) is 67.3 Å². The molecule has 4 heterocycles. The fourth-order valence-corrected chi connectivity index (χ4v) is 3.62. The predicted molar refractivity (Wildman–Crippen MR) is 109 cm³/mol. The lowest BCUT2D eigenvalue weighted by molar-refractivity contribution is 0.475. The number of rotatable bonds is 3. The highest BCUT2D eigenvalue weighted by molar-refractivity contribution is 5.77. The number of piperazine rings is 1. The first-order valence-corrected chi connectivity index (χ1v) is 9.32. The summed E-state index contributed by atoms with van der Waals surface area (Å²) in [6.45, 7) is 3.60. The van der Waals surface area contributed by atoms with E-state index in [-0.39, 0.29) is 0 Å². The average molecular weight is 372 g/mol. The molecule has 0 saturated carbocycles. The van der Waals surface area contributed by atoms with Crippen LogP contribution in [0, 0.1) is 0 Å². The molecule has 140 valence electrons. The van der Waals surface area contributed by atoms with E-state index in [1.807, 2.05) is 48.9 Å². The number of nitrogens with zero attached hydrogens (tertiary/aromatic N) is 6. The topological polar surface area (TPSA) is 69.8 Å². The Bertz CT molecular complexity index is 1090. The van der Waals surface area contributed by atoms with Crippen LogP contribution in [0.3, 0.4) is 0 Å². The molecular formula is C21H20N6O. The van der Waals surface area contributed by atoms with Gasteiger partial charge in [0.2, 0.25) is 0 Å². The second-order valence-electron chi connectivity index (χ2n) is 6.84. The van der Waals surface area contributed by atoms with E-state index in [0.29, 0.717) is 5.75 Å². The van der Waals surface area contributed by atoms with Gasteiger partial charge in [-0.2, -0.15) is 5.10 Å². The Morgan fingerprint density at radius 3 is 2.39 bits per heavy atom. The molecule has 1 saturated heterocycles. The van der Waals surface area contributed by atoms with Gasteiger partial charge in [0.15, 0.2) is 5.65 Å². The van der Waals surface area contributed by atoms with Crippen molar-refractivity contribution in [2.75, 3.05) is 36.0 Å². The molecule has 0 amide bonds. The van der Waals surface area contributed by atoms with Gasteiger partial charge in [0, 0.05) is 61.6 Å². The zero-order chi connectivity index (χ0) is 18.9. The summed E-state index contributed by atoms with van der Waals surface area (Å²) in [6, 6.07) is 13.3. The number of benzene rings is 1. The van der Waals surface area contributed by atoms with Crippen LogP contribution in [-0.2, 0) is 0 Å². The van der Waals surface area contributed by atoms with Gasteiger partial charge in [-0.15, -0.1) is 0 Å². The van der Waals surface area contributed by atoms with Gasteiger partial charge in [-0.05, 0) is 36.4 Å². The van der Waals surface area contributed by atoms with Gasteiger partial charge in [0.25, 0.3) is 0 Å². The van der Waals surface area contributed by atoms with Crippen molar-refractivity contribution < 1.29 is 5.11 Å². The minimum absolute atomic E-state index is 0.296. The zero-order valence-electron chi connectivity index (χ0n) is 15.3. The van der Waals surface area contributed by atoms with Gasteiger partial charge in [-0.1, -0.05) is 6.07 Å². The number of fused-ring (bicyclic) bond motifs is 1. The molecule has 0 radical (unpaired) electrons. The quantitative estimate of drug-likeness (QED) is 0.596. The minimum atomic E-state index is 0.296. The van der Waals surface area contributed by atoms with Crippen molar-refractivity contribution in [2.24, 2.45) is 0 Å². The van der Waals surface area contributed by atoms with E-state index in [2.05, 4.69) is 19.9 Å². The molecule has 1 aliphatic heterocycles. The van der Waals surface area contributed by atoms with E-state index in [4.69, 9.17) is 4.98 Å². The van der Waals surface area contributed by atoms with E-state index < -0.39 is 0 Å². The van der Waals surface area contributed by atoms with Crippen LogP contribution in [0.15, 0.2) is 67.3 Å². The number of aromatic hydroxyl groups is 1. The van der Waals surface area contributed by atoms with Crippen molar-refractivity contribution >= 4 is 17.2 Å². The maximum atomic E-state index is 9.47. The van der Waals surface area contributed by atoms with Crippen molar-refractivity contribution in [1.29, 1.82) is 0 Å². The lowest BCUT2D eigenvalue weighted by Gasteiger charge is -2.36. The first kappa shape index (κ1) is 16.6. The van der Waals surface area contributed by atoms with E-state index in [1.165, 1.54) is 0 Å². The SMILES string of the molecule is Oc1ccc(N2CCN(c3ccn4ncc(-c5cccnc5)c4n3)CC2)cc1. The van der Waals surface area contributed by atoms with Crippen molar-refractivity contribution in [1.82, 2.24) is 19.6 Å². The first-order valence-electron chi connectivity index (χ1n) is 9.32. The van der Waals surface area contributed by atoms with Crippen LogP contribution in [0.5, 0.6) is 5.75 Å². The molecule has 4 aromatic rings. The third-order valence-electron chi connectivity index (χ3n) is 5.15. The Morgan fingerprint density at radius 1 is 0.857 bits per heavy atom. The molecule has 1 fully saturated rings. The summed E-state index contributed by atoms with van der Waals surface area (Å²) in [6.07, 6.45) is 7.40. The molecule has 28 heavy (non-hydrogen) atoms. The van der Waals surface area contributed by atoms with E-state index in [0.717, 1.165) is 54.5 Å². The van der Waals surface area contributed by atoms with E-state index >= 15 is 0 Å². The molecule has 7 heteroatoms. The van der Waals surface area contributed by atoms with Crippen LogP contribution in [0.2, 0.25) is 0 Å². The molecule has 0 bridgehead atoms. The van der Waals surface area contributed by atoms with Gasteiger partial charge >= 0.3 is 0 Å².